The Morgan fingerprint density at radius 1 is 1.05 bits per heavy atom. The van der Waals surface area contributed by atoms with Gasteiger partial charge in [0.25, 0.3) is 0 Å². The first kappa shape index (κ1) is 15.8. The summed E-state index contributed by atoms with van der Waals surface area (Å²) in [4.78, 5) is 28.6. The van der Waals surface area contributed by atoms with Gasteiger partial charge in [0.1, 0.15) is 0 Å². The van der Waals surface area contributed by atoms with Gasteiger partial charge in [0, 0.05) is 19.6 Å². The first-order valence-electron chi connectivity index (χ1n) is 8.84. The van der Waals surface area contributed by atoms with Crippen molar-refractivity contribution in [2.24, 2.45) is 11.7 Å². The molecule has 0 aromatic rings. The van der Waals surface area contributed by atoms with Gasteiger partial charge in [-0.05, 0) is 44.4 Å². The van der Waals surface area contributed by atoms with Gasteiger partial charge in [0.2, 0.25) is 11.8 Å². The Morgan fingerprint density at radius 3 is 2.36 bits per heavy atom. The van der Waals surface area contributed by atoms with Crippen LogP contribution < -0.4 is 5.73 Å². The molecule has 2 atom stereocenters. The van der Waals surface area contributed by atoms with Gasteiger partial charge in [-0.2, -0.15) is 0 Å². The summed E-state index contributed by atoms with van der Waals surface area (Å²) in [5, 5.41) is 0. The van der Waals surface area contributed by atoms with Crippen LogP contribution in [0.3, 0.4) is 0 Å². The molecule has 22 heavy (non-hydrogen) atoms. The topological polar surface area (TPSA) is 66.6 Å². The highest BCUT2D eigenvalue weighted by Gasteiger charge is 2.43. The van der Waals surface area contributed by atoms with Crippen LogP contribution in [0.25, 0.3) is 0 Å². The summed E-state index contributed by atoms with van der Waals surface area (Å²) < 4.78 is 0. The van der Waals surface area contributed by atoms with Crippen molar-refractivity contribution in [3.63, 3.8) is 0 Å². The summed E-state index contributed by atoms with van der Waals surface area (Å²) in [5.41, 5.74) is 5.57. The minimum atomic E-state index is -0.363. The van der Waals surface area contributed by atoms with Crippen LogP contribution in [0.4, 0.5) is 0 Å². The van der Waals surface area contributed by atoms with Crippen LogP contribution in [-0.2, 0) is 9.59 Å². The Morgan fingerprint density at radius 2 is 1.73 bits per heavy atom. The van der Waals surface area contributed by atoms with Gasteiger partial charge in [-0.15, -0.1) is 0 Å². The van der Waals surface area contributed by atoms with Crippen LogP contribution >= 0.6 is 0 Å². The highest BCUT2D eigenvalue weighted by Crippen LogP contribution is 2.31. The number of carbonyl (C=O) groups is 2. The molecule has 2 amide bonds. The first-order chi connectivity index (χ1) is 10.7. The molecule has 3 rings (SSSR count). The highest BCUT2D eigenvalue weighted by molar-refractivity contribution is 5.87. The minimum absolute atomic E-state index is 0.169. The Hall–Kier alpha value is -1.10. The van der Waals surface area contributed by atoms with E-state index in [9.17, 15) is 9.59 Å². The molecule has 0 bridgehead atoms. The number of amides is 2. The van der Waals surface area contributed by atoms with Crippen molar-refractivity contribution in [3.8, 4) is 0 Å². The van der Waals surface area contributed by atoms with Gasteiger partial charge in [-0.1, -0.05) is 19.3 Å². The van der Waals surface area contributed by atoms with E-state index in [-0.39, 0.29) is 23.9 Å². The molecule has 0 aromatic carbocycles. The third-order valence-electron chi connectivity index (χ3n) is 5.53. The normalized spacial score (nSPS) is 30.8. The van der Waals surface area contributed by atoms with Crippen LogP contribution in [0.15, 0.2) is 0 Å². The highest BCUT2D eigenvalue weighted by atomic mass is 16.2. The molecule has 3 aliphatic rings. The maximum atomic E-state index is 12.8. The monoisotopic (exact) mass is 306 g/mol. The number of hydrogen-bond donors (Lipinski definition) is 1. The zero-order valence-corrected chi connectivity index (χ0v) is 13.4. The SMILES string of the molecule is NC(=O)C1[CH]C[C@@H](C(=O)N2CCCC2)N1CC1CCCCC1. The van der Waals surface area contributed by atoms with Crippen molar-refractivity contribution < 1.29 is 9.59 Å². The second-order valence-electron chi connectivity index (χ2n) is 7.07. The molecule has 1 radical (unpaired) electrons. The lowest BCUT2D eigenvalue weighted by Crippen LogP contribution is -2.51. The Balaban J connectivity index is 1.69. The fourth-order valence-electron chi connectivity index (χ4n) is 4.30. The molecule has 5 heteroatoms. The Kier molecular flexibility index (Phi) is 5.01. The number of carbonyl (C=O) groups excluding carboxylic acids is 2. The number of nitrogens with two attached hydrogens (primary N) is 1. The average Bonchev–Trinajstić information content (AvgIpc) is 3.17. The van der Waals surface area contributed by atoms with Gasteiger partial charge in [-0.25, -0.2) is 0 Å². The maximum absolute atomic E-state index is 12.8. The van der Waals surface area contributed by atoms with E-state index in [2.05, 4.69) is 4.90 Å². The van der Waals surface area contributed by atoms with Gasteiger partial charge in [0.15, 0.2) is 0 Å². The van der Waals surface area contributed by atoms with E-state index in [1.807, 2.05) is 11.3 Å². The molecule has 1 unspecified atom stereocenters. The molecule has 2 aliphatic heterocycles. The Bertz CT molecular complexity index is 414. The van der Waals surface area contributed by atoms with Gasteiger partial charge >= 0.3 is 0 Å². The van der Waals surface area contributed by atoms with E-state index in [1.165, 1.54) is 32.1 Å². The summed E-state index contributed by atoms with van der Waals surface area (Å²) >= 11 is 0. The predicted molar refractivity (Wildman–Crippen MR) is 84.8 cm³/mol. The summed E-state index contributed by atoms with van der Waals surface area (Å²) in [6.07, 6.45) is 11.1. The van der Waals surface area contributed by atoms with Gasteiger partial charge in [0.05, 0.1) is 12.1 Å². The second-order valence-corrected chi connectivity index (χ2v) is 7.07. The van der Waals surface area contributed by atoms with E-state index >= 15 is 0 Å². The van der Waals surface area contributed by atoms with Crippen LogP contribution in [0.1, 0.15) is 51.4 Å². The molecule has 3 fully saturated rings. The van der Waals surface area contributed by atoms with Gasteiger partial charge in [-0.3, -0.25) is 14.5 Å². The zero-order chi connectivity index (χ0) is 15.5. The molecule has 1 aliphatic carbocycles. The van der Waals surface area contributed by atoms with Crippen molar-refractivity contribution in [2.45, 2.75) is 63.5 Å². The van der Waals surface area contributed by atoms with E-state index in [4.69, 9.17) is 5.73 Å². The smallest absolute Gasteiger partial charge is 0.239 e. The second kappa shape index (κ2) is 6.99. The van der Waals surface area contributed by atoms with Crippen LogP contribution in [0, 0.1) is 12.3 Å². The zero-order valence-electron chi connectivity index (χ0n) is 13.4. The van der Waals surface area contributed by atoms with E-state index < -0.39 is 0 Å². The molecule has 5 nitrogen and oxygen atoms in total. The van der Waals surface area contributed by atoms with Crippen LogP contribution in [0.5, 0.6) is 0 Å². The largest absolute Gasteiger partial charge is 0.368 e. The lowest BCUT2D eigenvalue weighted by molar-refractivity contribution is -0.136. The lowest BCUT2D eigenvalue weighted by atomic mass is 9.88. The molecular formula is C17H28N3O2. The molecule has 0 aromatic heterocycles. The standard InChI is InChI=1S/C17H28N3O2/c18-16(21)14-8-9-15(17(22)19-10-4-5-11-19)20(14)12-13-6-2-1-3-7-13/h8,13-15H,1-7,9-12H2,(H2,18,21)/t14?,15-/m0/s1. The molecule has 2 N–H and O–H groups in total. The molecule has 123 valence electrons. The van der Waals surface area contributed by atoms with Crippen molar-refractivity contribution in [3.05, 3.63) is 6.42 Å². The summed E-state index contributed by atoms with van der Waals surface area (Å²) in [6, 6.07) is -0.531. The molecule has 1 saturated carbocycles. The average molecular weight is 306 g/mol. The molecule has 2 saturated heterocycles. The Labute approximate surface area is 133 Å². The molecule has 2 heterocycles. The third kappa shape index (κ3) is 3.29. The van der Waals surface area contributed by atoms with E-state index in [0.717, 1.165) is 32.5 Å². The van der Waals surface area contributed by atoms with Crippen molar-refractivity contribution in [1.29, 1.82) is 0 Å². The third-order valence-corrected chi connectivity index (χ3v) is 5.53. The summed E-state index contributed by atoms with van der Waals surface area (Å²) in [5.74, 6) is 0.497. The fraction of sp³-hybridized carbons (Fsp3) is 0.824. The van der Waals surface area contributed by atoms with E-state index in [0.29, 0.717) is 12.3 Å². The lowest BCUT2D eigenvalue weighted by Gasteiger charge is -2.34. The number of nitrogens with zero attached hydrogens (tertiary/aromatic N) is 2. The number of hydrogen-bond acceptors (Lipinski definition) is 3. The number of primary amides is 1. The fourth-order valence-corrected chi connectivity index (χ4v) is 4.30. The maximum Gasteiger partial charge on any atom is 0.239 e. The van der Waals surface area contributed by atoms with Crippen LogP contribution in [0.2, 0.25) is 0 Å². The van der Waals surface area contributed by atoms with Crippen molar-refractivity contribution in [1.82, 2.24) is 9.80 Å². The minimum Gasteiger partial charge on any atom is -0.368 e. The molecule has 0 spiro atoms. The van der Waals surface area contributed by atoms with Gasteiger partial charge < -0.3 is 10.6 Å². The predicted octanol–water partition coefficient (Wildman–Crippen LogP) is 1.32. The van der Waals surface area contributed by atoms with Crippen molar-refractivity contribution >= 4 is 11.8 Å². The summed E-state index contributed by atoms with van der Waals surface area (Å²) in [7, 11) is 0. The van der Waals surface area contributed by atoms with E-state index in [1.54, 1.807) is 0 Å². The number of rotatable bonds is 4. The number of likely N-dealkylation sites (tertiary alicyclic amines) is 2. The van der Waals surface area contributed by atoms with Crippen molar-refractivity contribution in [2.75, 3.05) is 19.6 Å². The van der Waals surface area contributed by atoms with Crippen LogP contribution in [-0.4, -0.2) is 53.3 Å². The molecular weight excluding hydrogens is 278 g/mol. The first-order valence-corrected chi connectivity index (χ1v) is 8.84. The quantitative estimate of drug-likeness (QED) is 0.852. The summed E-state index contributed by atoms with van der Waals surface area (Å²) in [6.45, 7) is 2.58.